The molecule has 0 saturated carbocycles. The largest absolute Gasteiger partial charge is 0.707 e. The molecule has 7 nitrogen and oxygen atoms in total. The van der Waals surface area contributed by atoms with Gasteiger partial charge in [0.2, 0.25) is 5.88 Å². The molecule has 0 radical (unpaired) electrons. The molecule has 0 unspecified atom stereocenters. The summed E-state index contributed by atoms with van der Waals surface area (Å²) in [6, 6.07) is 2.64. The number of pyridine rings is 1. The Labute approximate surface area is 112 Å². The van der Waals surface area contributed by atoms with Gasteiger partial charge in [-0.1, -0.05) is 0 Å². The van der Waals surface area contributed by atoms with Gasteiger partial charge in [0.25, 0.3) is 0 Å². The van der Waals surface area contributed by atoms with Crippen LogP contribution in [0, 0.1) is 0 Å². The summed E-state index contributed by atoms with van der Waals surface area (Å²) in [5.41, 5.74) is -2.01. The van der Waals surface area contributed by atoms with Crippen molar-refractivity contribution < 1.29 is 30.0 Å². The molecule has 1 rings (SSSR count). The average Bonchev–Trinajstić information content (AvgIpc) is 2.18. The fourth-order valence-corrected chi connectivity index (χ4v) is 0.564. The number of aromatic hydroxyl groups is 1. The first-order chi connectivity index (χ1) is 8.43. The summed E-state index contributed by atoms with van der Waals surface area (Å²) in [4.78, 5) is 3.44. The standard InChI is InChI=1S/C6H14O2.C5H6BNO4/c1-5(2,7)6(3,4)8;8-5-2-1-4(3-7-5)11-6(9)10/h7-8H,1-4H3;1-3,9-10H,(H,7,8). The van der Waals surface area contributed by atoms with Gasteiger partial charge in [0.05, 0.1) is 17.4 Å². The minimum absolute atomic E-state index is 0.148. The van der Waals surface area contributed by atoms with Gasteiger partial charge in [-0.25, -0.2) is 4.98 Å². The molecule has 1 aromatic rings. The number of aliphatic hydroxyl groups is 2. The van der Waals surface area contributed by atoms with Crippen LogP contribution in [0.15, 0.2) is 18.3 Å². The molecule has 19 heavy (non-hydrogen) atoms. The molecule has 1 aromatic heterocycles. The van der Waals surface area contributed by atoms with Gasteiger partial charge in [0.15, 0.2) is 0 Å². The molecule has 0 aromatic carbocycles. The topological polar surface area (TPSA) is 123 Å². The summed E-state index contributed by atoms with van der Waals surface area (Å²) in [6.07, 6.45) is 1.18. The lowest BCUT2D eigenvalue weighted by Crippen LogP contribution is -2.44. The van der Waals surface area contributed by atoms with E-state index in [0.717, 1.165) is 0 Å². The number of hydrogen-bond donors (Lipinski definition) is 5. The molecule has 0 bridgehead atoms. The van der Waals surface area contributed by atoms with Gasteiger partial charge in [-0.3, -0.25) is 0 Å². The maximum Gasteiger partial charge on any atom is 0.707 e. The molecular formula is C11H20BNO6. The zero-order valence-corrected chi connectivity index (χ0v) is 11.4. The van der Waals surface area contributed by atoms with Crippen molar-refractivity contribution in [1.29, 1.82) is 0 Å². The Morgan fingerprint density at radius 1 is 1.05 bits per heavy atom. The van der Waals surface area contributed by atoms with E-state index in [1.807, 2.05) is 0 Å². The number of rotatable bonds is 3. The van der Waals surface area contributed by atoms with E-state index in [1.165, 1.54) is 18.3 Å². The first-order valence-corrected chi connectivity index (χ1v) is 5.56. The minimum atomic E-state index is -1.86. The Kier molecular flexibility index (Phi) is 6.24. The molecule has 0 amide bonds. The van der Waals surface area contributed by atoms with Crippen LogP contribution >= 0.6 is 0 Å². The van der Waals surface area contributed by atoms with Crippen molar-refractivity contribution >= 4 is 7.32 Å². The van der Waals surface area contributed by atoms with Crippen LogP contribution in [-0.2, 0) is 0 Å². The predicted molar refractivity (Wildman–Crippen MR) is 69.3 cm³/mol. The lowest BCUT2D eigenvalue weighted by atomic mass is 9.90. The number of nitrogens with zero attached hydrogens (tertiary/aromatic N) is 1. The highest BCUT2D eigenvalue weighted by Crippen LogP contribution is 2.19. The first kappa shape index (κ1) is 17.7. The molecule has 0 saturated heterocycles. The third-order valence-corrected chi connectivity index (χ3v) is 2.46. The zero-order chi connectivity index (χ0) is 15.3. The molecule has 0 fully saturated rings. The Hall–Kier alpha value is -1.35. The van der Waals surface area contributed by atoms with Gasteiger partial charge in [-0.05, 0) is 33.8 Å². The van der Waals surface area contributed by atoms with E-state index in [9.17, 15) is 0 Å². The SMILES string of the molecule is CC(C)(O)C(C)(C)O.OB(O)Oc1ccc(O)nc1. The lowest BCUT2D eigenvalue weighted by molar-refractivity contribution is -0.107. The second-order valence-corrected chi connectivity index (χ2v) is 4.91. The Morgan fingerprint density at radius 2 is 1.53 bits per heavy atom. The smallest absolute Gasteiger partial charge is 0.511 e. The molecule has 1 heterocycles. The van der Waals surface area contributed by atoms with Crippen LogP contribution in [-0.4, -0.2) is 48.9 Å². The van der Waals surface area contributed by atoms with Crippen molar-refractivity contribution in [2.75, 3.05) is 0 Å². The first-order valence-electron chi connectivity index (χ1n) is 5.56. The fourth-order valence-electron chi connectivity index (χ4n) is 0.564. The fraction of sp³-hybridized carbons (Fsp3) is 0.545. The van der Waals surface area contributed by atoms with E-state index < -0.39 is 18.5 Å². The average molecular weight is 273 g/mol. The van der Waals surface area contributed by atoms with Gasteiger partial charge in [0.1, 0.15) is 5.75 Å². The van der Waals surface area contributed by atoms with Crippen molar-refractivity contribution in [3.8, 4) is 11.6 Å². The van der Waals surface area contributed by atoms with Crippen molar-refractivity contribution in [2.24, 2.45) is 0 Å². The molecule has 5 N–H and O–H groups in total. The molecule has 8 heteroatoms. The molecule has 0 aliphatic carbocycles. The summed E-state index contributed by atoms with van der Waals surface area (Å²) >= 11 is 0. The van der Waals surface area contributed by atoms with Crippen LogP contribution in [0.4, 0.5) is 0 Å². The quantitative estimate of drug-likeness (QED) is 0.477. The maximum atomic E-state index is 9.10. The summed E-state index contributed by atoms with van der Waals surface area (Å²) in [6.45, 7) is 6.31. The minimum Gasteiger partial charge on any atom is -0.511 e. The monoisotopic (exact) mass is 273 g/mol. The van der Waals surface area contributed by atoms with Gasteiger partial charge in [-0.15, -0.1) is 0 Å². The zero-order valence-electron chi connectivity index (χ0n) is 11.4. The highest BCUT2D eigenvalue weighted by atomic mass is 16.6. The normalized spacial score (nSPS) is 11.4. The van der Waals surface area contributed by atoms with E-state index in [-0.39, 0.29) is 11.6 Å². The van der Waals surface area contributed by atoms with Crippen molar-refractivity contribution in [3.05, 3.63) is 18.3 Å². The summed E-state index contributed by atoms with van der Waals surface area (Å²) in [5.74, 6) is 0.0302. The van der Waals surface area contributed by atoms with Crippen LogP contribution in [0.1, 0.15) is 27.7 Å². The number of aromatic nitrogens is 1. The Balaban J connectivity index is 0.000000362. The van der Waals surface area contributed by atoms with E-state index in [4.69, 9.17) is 25.4 Å². The Morgan fingerprint density at radius 3 is 1.79 bits per heavy atom. The van der Waals surface area contributed by atoms with Crippen LogP contribution < -0.4 is 4.65 Å². The van der Waals surface area contributed by atoms with Crippen LogP contribution in [0.5, 0.6) is 11.6 Å². The molecule has 0 aliphatic rings. The summed E-state index contributed by atoms with van der Waals surface area (Å²) in [5, 5.41) is 43.5. The molecule has 0 atom stereocenters. The van der Waals surface area contributed by atoms with E-state index in [0.29, 0.717) is 0 Å². The summed E-state index contributed by atoms with van der Waals surface area (Å²) in [7, 11) is -1.86. The van der Waals surface area contributed by atoms with E-state index in [2.05, 4.69) is 9.64 Å². The van der Waals surface area contributed by atoms with Gasteiger partial charge < -0.3 is 30.0 Å². The van der Waals surface area contributed by atoms with Gasteiger partial charge in [-0.2, -0.15) is 0 Å². The highest BCUT2D eigenvalue weighted by Gasteiger charge is 2.31. The highest BCUT2D eigenvalue weighted by molar-refractivity contribution is 6.33. The lowest BCUT2D eigenvalue weighted by Gasteiger charge is -2.31. The number of hydrogen-bond acceptors (Lipinski definition) is 7. The van der Waals surface area contributed by atoms with Crippen LogP contribution in [0.3, 0.4) is 0 Å². The molecule has 0 spiro atoms. The van der Waals surface area contributed by atoms with Crippen molar-refractivity contribution in [3.63, 3.8) is 0 Å². The van der Waals surface area contributed by atoms with Crippen LogP contribution in [0.25, 0.3) is 0 Å². The third-order valence-electron chi connectivity index (χ3n) is 2.46. The molecular weight excluding hydrogens is 253 g/mol. The van der Waals surface area contributed by atoms with E-state index >= 15 is 0 Å². The third kappa shape index (κ3) is 7.63. The van der Waals surface area contributed by atoms with Crippen molar-refractivity contribution in [1.82, 2.24) is 4.98 Å². The Bertz CT molecular complexity index is 356. The second-order valence-electron chi connectivity index (χ2n) is 4.91. The predicted octanol–water partition coefficient (Wildman–Crippen LogP) is -0.336. The van der Waals surface area contributed by atoms with Gasteiger partial charge in [0, 0.05) is 6.07 Å². The van der Waals surface area contributed by atoms with E-state index in [1.54, 1.807) is 27.7 Å². The van der Waals surface area contributed by atoms with Crippen LogP contribution in [0.2, 0.25) is 0 Å². The maximum absolute atomic E-state index is 9.10. The van der Waals surface area contributed by atoms with Crippen molar-refractivity contribution in [2.45, 2.75) is 38.9 Å². The molecule has 0 aliphatic heterocycles. The molecule has 108 valence electrons. The second kappa shape index (κ2) is 6.71. The van der Waals surface area contributed by atoms with Gasteiger partial charge >= 0.3 is 7.32 Å². The summed E-state index contributed by atoms with van der Waals surface area (Å²) < 4.78 is 4.41.